The Kier molecular flexibility index (Phi) is 11.9. The first-order valence-electron chi connectivity index (χ1n) is 9.33. The molecule has 1 atom stereocenters. The first kappa shape index (κ1) is 21.0. The largest absolute Gasteiger partial charge is 0.0877 e. The quantitative estimate of drug-likeness (QED) is 0.270. The average Bonchev–Trinajstić information content (AvgIpc) is 2.53. The van der Waals surface area contributed by atoms with Crippen LogP contribution in [0.25, 0.3) is 0 Å². The molecule has 0 aromatic carbocycles. The lowest BCUT2D eigenvalue weighted by atomic mass is 9.76. The molecule has 0 aliphatic rings. The van der Waals surface area contributed by atoms with Crippen molar-refractivity contribution in [3.05, 3.63) is 47.6 Å². The van der Waals surface area contributed by atoms with Crippen LogP contribution in [0.3, 0.4) is 0 Å². The molecule has 126 valence electrons. The van der Waals surface area contributed by atoms with Crippen molar-refractivity contribution in [1.82, 2.24) is 0 Å². The molecule has 0 N–H and O–H groups in total. The van der Waals surface area contributed by atoms with Crippen LogP contribution < -0.4 is 0 Å². The molecule has 0 heteroatoms. The van der Waals surface area contributed by atoms with E-state index in [1.807, 2.05) is 0 Å². The summed E-state index contributed by atoms with van der Waals surface area (Å²) in [7, 11) is 0. The Morgan fingerprint density at radius 2 is 1.45 bits per heavy atom. The standard InChI is InChI=1S/C22H38/c1-7-12-15-18-21(20(10-4)17-14-9-3)22(6,11-5)19-16-13-8-2/h14-19H,7-13H2,1-6H3. The van der Waals surface area contributed by atoms with Gasteiger partial charge in [0, 0.05) is 5.41 Å². The first-order chi connectivity index (χ1) is 10.6. The SMILES string of the molecule is CCC=CC(CC)=C(C=CCCC)C(C)(C=CCCC)CC. The van der Waals surface area contributed by atoms with Gasteiger partial charge in [0.25, 0.3) is 0 Å². The fraction of sp³-hybridized carbons (Fsp3) is 0.636. The van der Waals surface area contributed by atoms with Crippen LogP contribution in [0, 0.1) is 5.41 Å². The van der Waals surface area contributed by atoms with E-state index in [0.717, 1.165) is 25.7 Å². The topological polar surface area (TPSA) is 0 Å². The van der Waals surface area contributed by atoms with Crippen molar-refractivity contribution in [2.45, 2.75) is 86.5 Å². The molecular weight excluding hydrogens is 264 g/mol. The maximum Gasteiger partial charge on any atom is 0.0104 e. The summed E-state index contributed by atoms with van der Waals surface area (Å²) >= 11 is 0. The van der Waals surface area contributed by atoms with Crippen molar-refractivity contribution in [1.29, 1.82) is 0 Å². The van der Waals surface area contributed by atoms with Gasteiger partial charge in [-0.2, -0.15) is 0 Å². The number of allylic oxidation sites excluding steroid dienone is 8. The maximum absolute atomic E-state index is 2.44. The zero-order valence-electron chi connectivity index (χ0n) is 15.9. The molecule has 1 unspecified atom stereocenters. The highest BCUT2D eigenvalue weighted by atomic mass is 14.3. The second-order valence-corrected chi connectivity index (χ2v) is 6.26. The van der Waals surface area contributed by atoms with Crippen LogP contribution in [0.1, 0.15) is 86.5 Å². The number of rotatable bonds is 11. The molecular formula is C22H38. The minimum absolute atomic E-state index is 0.142. The van der Waals surface area contributed by atoms with E-state index in [4.69, 9.17) is 0 Å². The summed E-state index contributed by atoms with van der Waals surface area (Å²) in [6, 6.07) is 0. The molecule has 0 amide bonds. The molecule has 22 heavy (non-hydrogen) atoms. The van der Waals surface area contributed by atoms with E-state index in [-0.39, 0.29) is 5.41 Å². The van der Waals surface area contributed by atoms with Gasteiger partial charge in [0.15, 0.2) is 0 Å². The van der Waals surface area contributed by atoms with E-state index < -0.39 is 0 Å². The molecule has 0 aliphatic heterocycles. The molecule has 0 nitrogen and oxygen atoms in total. The number of hydrogen-bond donors (Lipinski definition) is 0. The molecule has 0 aromatic rings. The van der Waals surface area contributed by atoms with Gasteiger partial charge in [-0.15, -0.1) is 0 Å². The van der Waals surface area contributed by atoms with Gasteiger partial charge < -0.3 is 0 Å². The van der Waals surface area contributed by atoms with Gasteiger partial charge in [-0.3, -0.25) is 0 Å². The van der Waals surface area contributed by atoms with Crippen molar-refractivity contribution in [2.24, 2.45) is 5.41 Å². The molecule has 0 saturated heterocycles. The predicted molar refractivity (Wildman–Crippen MR) is 103 cm³/mol. The smallest absolute Gasteiger partial charge is 0.0104 e. The van der Waals surface area contributed by atoms with Crippen LogP contribution in [0.4, 0.5) is 0 Å². The average molecular weight is 303 g/mol. The van der Waals surface area contributed by atoms with Gasteiger partial charge in [-0.25, -0.2) is 0 Å². The second kappa shape index (κ2) is 12.5. The van der Waals surface area contributed by atoms with Crippen LogP contribution in [-0.2, 0) is 0 Å². The van der Waals surface area contributed by atoms with Crippen molar-refractivity contribution >= 4 is 0 Å². The van der Waals surface area contributed by atoms with Crippen LogP contribution in [-0.4, -0.2) is 0 Å². The van der Waals surface area contributed by atoms with Crippen molar-refractivity contribution in [2.75, 3.05) is 0 Å². The Balaban J connectivity index is 5.78. The minimum atomic E-state index is 0.142. The summed E-state index contributed by atoms with van der Waals surface area (Å²) in [6.07, 6.45) is 22.3. The maximum atomic E-state index is 2.44. The summed E-state index contributed by atoms with van der Waals surface area (Å²) in [4.78, 5) is 0. The molecule has 0 aliphatic carbocycles. The molecule has 0 bridgehead atoms. The zero-order valence-corrected chi connectivity index (χ0v) is 15.9. The fourth-order valence-corrected chi connectivity index (χ4v) is 2.60. The lowest BCUT2D eigenvalue weighted by Crippen LogP contribution is -2.16. The summed E-state index contributed by atoms with van der Waals surface area (Å²) in [6.45, 7) is 13.7. The first-order valence-corrected chi connectivity index (χ1v) is 9.33. The Morgan fingerprint density at radius 1 is 0.818 bits per heavy atom. The minimum Gasteiger partial charge on any atom is -0.0877 e. The summed E-state index contributed by atoms with van der Waals surface area (Å²) in [5.41, 5.74) is 3.13. The fourth-order valence-electron chi connectivity index (χ4n) is 2.60. The summed E-state index contributed by atoms with van der Waals surface area (Å²) < 4.78 is 0. The third kappa shape index (κ3) is 7.29. The molecule has 0 saturated carbocycles. The second-order valence-electron chi connectivity index (χ2n) is 6.26. The van der Waals surface area contributed by atoms with Crippen LogP contribution in [0.5, 0.6) is 0 Å². The Bertz CT molecular complexity index is 392. The summed E-state index contributed by atoms with van der Waals surface area (Å²) in [5, 5.41) is 0. The van der Waals surface area contributed by atoms with Gasteiger partial charge in [0.05, 0.1) is 0 Å². The van der Waals surface area contributed by atoms with Crippen LogP contribution in [0.15, 0.2) is 47.6 Å². The number of hydrogen-bond acceptors (Lipinski definition) is 0. The van der Waals surface area contributed by atoms with E-state index in [9.17, 15) is 0 Å². The van der Waals surface area contributed by atoms with E-state index >= 15 is 0 Å². The van der Waals surface area contributed by atoms with E-state index in [1.54, 1.807) is 0 Å². The Labute approximate surface area is 140 Å². The zero-order chi connectivity index (χ0) is 16.8. The van der Waals surface area contributed by atoms with E-state index in [1.165, 1.54) is 30.4 Å². The lowest BCUT2D eigenvalue weighted by Gasteiger charge is -2.29. The van der Waals surface area contributed by atoms with E-state index in [0.29, 0.717) is 0 Å². The van der Waals surface area contributed by atoms with E-state index in [2.05, 4.69) is 78.0 Å². The molecule has 0 heterocycles. The summed E-state index contributed by atoms with van der Waals surface area (Å²) in [5.74, 6) is 0. The molecule has 0 fully saturated rings. The molecule has 0 radical (unpaired) electrons. The van der Waals surface area contributed by atoms with Crippen LogP contribution in [0.2, 0.25) is 0 Å². The third-order valence-electron chi connectivity index (χ3n) is 4.31. The molecule has 0 rings (SSSR count). The predicted octanol–water partition coefficient (Wildman–Crippen LogP) is 7.79. The Hall–Kier alpha value is -1.04. The highest BCUT2D eigenvalue weighted by Gasteiger charge is 2.24. The van der Waals surface area contributed by atoms with Crippen molar-refractivity contribution in [3.8, 4) is 0 Å². The highest BCUT2D eigenvalue weighted by Crippen LogP contribution is 2.37. The van der Waals surface area contributed by atoms with Crippen LogP contribution >= 0.6 is 0 Å². The van der Waals surface area contributed by atoms with Gasteiger partial charge in [-0.05, 0) is 43.3 Å². The normalized spacial score (nSPS) is 16.6. The van der Waals surface area contributed by atoms with Gasteiger partial charge in [-0.1, -0.05) is 90.8 Å². The highest BCUT2D eigenvalue weighted by molar-refractivity contribution is 5.40. The Morgan fingerprint density at radius 3 is 1.95 bits per heavy atom. The number of unbranched alkanes of at least 4 members (excludes halogenated alkanes) is 2. The lowest BCUT2D eigenvalue weighted by molar-refractivity contribution is 0.499. The molecule has 0 aromatic heterocycles. The molecule has 0 spiro atoms. The third-order valence-corrected chi connectivity index (χ3v) is 4.31. The van der Waals surface area contributed by atoms with Crippen molar-refractivity contribution < 1.29 is 0 Å². The van der Waals surface area contributed by atoms with Gasteiger partial charge in [0.2, 0.25) is 0 Å². The van der Waals surface area contributed by atoms with Gasteiger partial charge >= 0.3 is 0 Å². The van der Waals surface area contributed by atoms with Crippen molar-refractivity contribution in [3.63, 3.8) is 0 Å². The van der Waals surface area contributed by atoms with Gasteiger partial charge in [0.1, 0.15) is 0 Å². The monoisotopic (exact) mass is 302 g/mol.